The molecule has 5 heteroatoms. The summed E-state index contributed by atoms with van der Waals surface area (Å²) in [5, 5.41) is 6.48. The van der Waals surface area contributed by atoms with Gasteiger partial charge in [0.2, 0.25) is 0 Å². The van der Waals surface area contributed by atoms with E-state index in [4.69, 9.17) is 9.26 Å². The van der Waals surface area contributed by atoms with Crippen molar-refractivity contribution < 1.29 is 14.1 Å². The summed E-state index contributed by atoms with van der Waals surface area (Å²) in [5.74, 6) is 1.28. The van der Waals surface area contributed by atoms with Gasteiger partial charge in [-0.25, -0.2) is 0 Å². The molecule has 0 fully saturated rings. The molecule has 1 aliphatic rings. The molecule has 2 aromatic rings. The van der Waals surface area contributed by atoms with Crippen LogP contribution < -0.4 is 10.1 Å². The highest BCUT2D eigenvalue weighted by Gasteiger charge is 2.23. The van der Waals surface area contributed by atoms with Crippen molar-refractivity contribution in [3.05, 3.63) is 47.3 Å². The summed E-state index contributed by atoms with van der Waals surface area (Å²) in [7, 11) is 0. The number of amides is 1. The van der Waals surface area contributed by atoms with Crippen LogP contribution in [0, 0.1) is 6.92 Å². The van der Waals surface area contributed by atoms with E-state index in [1.54, 1.807) is 13.0 Å². The van der Waals surface area contributed by atoms with Crippen molar-refractivity contribution in [1.82, 2.24) is 10.5 Å². The van der Waals surface area contributed by atoms with E-state index in [2.05, 4.69) is 10.5 Å². The van der Waals surface area contributed by atoms with Crippen LogP contribution in [0.3, 0.4) is 0 Å². The number of fused-ring (bicyclic) bond motifs is 1. The third kappa shape index (κ3) is 2.45. The highest BCUT2D eigenvalue weighted by atomic mass is 16.5. The average molecular weight is 258 g/mol. The maximum atomic E-state index is 11.8. The summed E-state index contributed by atoms with van der Waals surface area (Å²) in [5.41, 5.74) is 1.48. The molecule has 98 valence electrons. The van der Waals surface area contributed by atoms with Crippen molar-refractivity contribution in [3.63, 3.8) is 0 Å². The van der Waals surface area contributed by atoms with Crippen LogP contribution in [-0.4, -0.2) is 23.7 Å². The van der Waals surface area contributed by atoms with Gasteiger partial charge < -0.3 is 14.6 Å². The van der Waals surface area contributed by atoms with E-state index in [-0.39, 0.29) is 12.0 Å². The van der Waals surface area contributed by atoms with Gasteiger partial charge in [0, 0.05) is 12.5 Å². The second-order valence-corrected chi connectivity index (χ2v) is 4.58. The smallest absolute Gasteiger partial charge is 0.273 e. The standard InChI is InChI=1S/C14H14N2O3/c1-9-6-12(16-19-9)14(17)15-8-11-7-10-4-2-3-5-13(10)18-11/h2-6,11H,7-8H2,1H3,(H,15,17). The number of nitrogens with zero attached hydrogens (tertiary/aromatic N) is 1. The third-order valence-electron chi connectivity index (χ3n) is 3.06. The molecule has 0 bridgehead atoms. The van der Waals surface area contributed by atoms with Gasteiger partial charge in [0.05, 0.1) is 6.54 Å². The predicted octanol–water partition coefficient (Wildman–Crippen LogP) is 1.72. The van der Waals surface area contributed by atoms with Gasteiger partial charge in [-0.15, -0.1) is 0 Å². The number of hydrogen-bond donors (Lipinski definition) is 1. The molecule has 1 aromatic carbocycles. The number of carbonyl (C=O) groups excluding carboxylic acids is 1. The summed E-state index contributed by atoms with van der Waals surface area (Å²) in [4.78, 5) is 11.8. The first-order chi connectivity index (χ1) is 9.22. The van der Waals surface area contributed by atoms with Gasteiger partial charge in [-0.3, -0.25) is 4.79 Å². The average Bonchev–Trinajstić information content (AvgIpc) is 3.01. The highest BCUT2D eigenvalue weighted by molar-refractivity contribution is 5.92. The lowest BCUT2D eigenvalue weighted by Gasteiger charge is -2.10. The number of rotatable bonds is 3. The lowest BCUT2D eigenvalue weighted by molar-refractivity contribution is 0.0924. The fourth-order valence-electron chi connectivity index (χ4n) is 2.14. The molecule has 3 rings (SSSR count). The number of aromatic nitrogens is 1. The predicted molar refractivity (Wildman–Crippen MR) is 68.1 cm³/mol. The summed E-state index contributed by atoms with van der Waals surface area (Å²) < 4.78 is 10.6. The molecule has 1 aliphatic heterocycles. The van der Waals surface area contributed by atoms with Crippen LogP contribution in [0.1, 0.15) is 21.8 Å². The Hall–Kier alpha value is -2.30. The largest absolute Gasteiger partial charge is 0.488 e. The minimum atomic E-state index is -0.239. The summed E-state index contributed by atoms with van der Waals surface area (Å²) >= 11 is 0. The lowest BCUT2D eigenvalue weighted by atomic mass is 10.1. The molecule has 1 unspecified atom stereocenters. The fourth-order valence-corrected chi connectivity index (χ4v) is 2.14. The van der Waals surface area contributed by atoms with Gasteiger partial charge in [0.25, 0.3) is 5.91 Å². The molecule has 1 N–H and O–H groups in total. The van der Waals surface area contributed by atoms with E-state index in [0.29, 0.717) is 18.0 Å². The van der Waals surface area contributed by atoms with Gasteiger partial charge >= 0.3 is 0 Å². The first-order valence-corrected chi connectivity index (χ1v) is 6.18. The van der Waals surface area contributed by atoms with Crippen LogP contribution in [0.15, 0.2) is 34.9 Å². The molecule has 0 spiro atoms. The van der Waals surface area contributed by atoms with Crippen LogP contribution in [0.2, 0.25) is 0 Å². The Morgan fingerprint density at radius 1 is 1.47 bits per heavy atom. The number of para-hydroxylation sites is 1. The molecule has 0 saturated carbocycles. The zero-order valence-corrected chi connectivity index (χ0v) is 10.6. The zero-order valence-electron chi connectivity index (χ0n) is 10.6. The fraction of sp³-hybridized carbons (Fsp3) is 0.286. The quantitative estimate of drug-likeness (QED) is 0.910. The Balaban J connectivity index is 1.56. The Bertz CT molecular complexity index is 581. The maximum Gasteiger partial charge on any atom is 0.273 e. The summed E-state index contributed by atoms with van der Waals surface area (Å²) in [6.45, 7) is 2.21. The molecular formula is C14H14N2O3. The normalized spacial score (nSPS) is 16.8. The van der Waals surface area contributed by atoms with Gasteiger partial charge in [0.15, 0.2) is 5.69 Å². The van der Waals surface area contributed by atoms with Gasteiger partial charge in [-0.2, -0.15) is 0 Å². The Morgan fingerprint density at radius 2 is 2.32 bits per heavy atom. The molecule has 1 amide bonds. The number of aryl methyl sites for hydroxylation is 1. The Labute approximate surface area is 110 Å². The van der Waals surface area contributed by atoms with E-state index < -0.39 is 0 Å². The summed E-state index contributed by atoms with van der Waals surface area (Å²) in [6, 6.07) is 9.52. The van der Waals surface area contributed by atoms with Crippen molar-refractivity contribution in [3.8, 4) is 5.75 Å². The minimum absolute atomic E-state index is 0.0191. The molecule has 0 aliphatic carbocycles. The first kappa shape index (κ1) is 11.8. The van der Waals surface area contributed by atoms with E-state index in [9.17, 15) is 4.79 Å². The van der Waals surface area contributed by atoms with Crippen LogP contribution in [0.5, 0.6) is 5.75 Å². The molecule has 0 radical (unpaired) electrons. The molecule has 2 heterocycles. The summed E-state index contributed by atoms with van der Waals surface area (Å²) in [6.07, 6.45) is 0.795. The molecular weight excluding hydrogens is 244 g/mol. The maximum absolute atomic E-state index is 11.8. The first-order valence-electron chi connectivity index (χ1n) is 6.18. The molecule has 0 saturated heterocycles. The second-order valence-electron chi connectivity index (χ2n) is 4.58. The van der Waals surface area contributed by atoms with E-state index in [0.717, 1.165) is 12.2 Å². The topological polar surface area (TPSA) is 64.4 Å². The van der Waals surface area contributed by atoms with Crippen LogP contribution in [-0.2, 0) is 6.42 Å². The molecule has 19 heavy (non-hydrogen) atoms. The van der Waals surface area contributed by atoms with Gasteiger partial charge in [0.1, 0.15) is 17.6 Å². The second kappa shape index (κ2) is 4.76. The van der Waals surface area contributed by atoms with Gasteiger partial charge in [-0.1, -0.05) is 23.4 Å². The van der Waals surface area contributed by atoms with Crippen molar-refractivity contribution in [2.45, 2.75) is 19.4 Å². The van der Waals surface area contributed by atoms with E-state index in [1.165, 1.54) is 5.56 Å². The van der Waals surface area contributed by atoms with Crippen molar-refractivity contribution in [2.75, 3.05) is 6.54 Å². The lowest BCUT2D eigenvalue weighted by Crippen LogP contribution is -2.34. The van der Waals surface area contributed by atoms with Crippen molar-refractivity contribution in [2.24, 2.45) is 0 Å². The van der Waals surface area contributed by atoms with Crippen LogP contribution in [0.4, 0.5) is 0 Å². The number of carbonyl (C=O) groups is 1. The Morgan fingerprint density at radius 3 is 3.05 bits per heavy atom. The SMILES string of the molecule is Cc1cc(C(=O)NCC2Cc3ccccc3O2)no1. The molecule has 1 atom stereocenters. The molecule has 5 nitrogen and oxygen atoms in total. The van der Waals surface area contributed by atoms with Crippen molar-refractivity contribution >= 4 is 5.91 Å². The van der Waals surface area contributed by atoms with E-state index in [1.807, 2.05) is 24.3 Å². The zero-order chi connectivity index (χ0) is 13.2. The number of nitrogens with one attached hydrogen (secondary N) is 1. The third-order valence-corrected chi connectivity index (χ3v) is 3.06. The number of ether oxygens (including phenoxy) is 1. The van der Waals surface area contributed by atoms with Crippen molar-refractivity contribution in [1.29, 1.82) is 0 Å². The Kier molecular flexibility index (Phi) is 2.95. The monoisotopic (exact) mass is 258 g/mol. The van der Waals surface area contributed by atoms with Crippen LogP contribution in [0.25, 0.3) is 0 Å². The van der Waals surface area contributed by atoms with Crippen LogP contribution >= 0.6 is 0 Å². The minimum Gasteiger partial charge on any atom is -0.488 e. The van der Waals surface area contributed by atoms with Gasteiger partial charge in [-0.05, 0) is 18.6 Å². The van der Waals surface area contributed by atoms with E-state index >= 15 is 0 Å². The highest BCUT2D eigenvalue weighted by Crippen LogP contribution is 2.27. The number of hydrogen-bond acceptors (Lipinski definition) is 4. The molecule has 1 aromatic heterocycles. The number of benzene rings is 1.